The lowest BCUT2D eigenvalue weighted by molar-refractivity contribution is 0.339. The second-order valence-corrected chi connectivity index (χ2v) is 6.12. The minimum absolute atomic E-state index is 0.0194. The highest BCUT2D eigenvalue weighted by atomic mass is 32.2. The molecule has 0 spiro atoms. The second-order valence-electron chi connectivity index (χ2n) is 4.30. The van der Waals surface area contributed by atoms with Crippen molar-refractivity contribution in [3.8, 4) is 0 Å². The molecule has 0 aliphatic carbocycles. The van der Waals surface area contributed by atoms with Gasteiger partial charge in [0.1, 0.15) is 5.76 Å². The second kappa shape index (κ2) is 6.36. The highest BCUT2D eigenvalue weighted by Crippen LogP contribution is 2.20. The van der Waals surface area contributed by atoms with Crippen molar-refractivity contribution in [3.05, 3.63) is 17.9 Å². The van der Waals surface area contributed by atoms with Crippen molar-refractivity contribution in [1.29, 1.82) is 0 Å². The van der Waals surface area contributed by atoms with Crippen LogP contribution in [0.2, 0.25) is 0 Å². The Bertz CT molecular complexity index is 465. The van der Waals surface area contributed by atoms with Gasteiger partial charge in [-0.05, 0) is 32.5 Å². The highest BCUT2D eigenvalue weighted by Gasteiger charge is 2.28. The van der Waals surface area contributed by atoms with E-state index in [2.05, 4.69) is 5.32 Å². The van der Waals surface area contributed by atoms with Gasteiger partial charge in [-0.3, -0.25) is 0 Å². The number of furan rings is 1. The van der Waals surface area contributed by atoms with Crippen LogP contribution >= 0.6 is 0 Å². The molecule has 5 nitrogen and oxygen atoms in total. The van der Waals surface area contributed by atoms with Crippen molar-refractivity contribution in [2.24, 2.45) is 0 Å². The normalized spacial score (nSPS) is 12.6. The molecule has 0 radical (unpaired) electrons. The van der Waals surface area contributed by atoms with Gasteiger partial charge in [-0.25, -0.2) is 8.42 Å². The number of sulfonamides is 1. The largest absolute Gasteiger partial charge is 0.447 e. The molecule has 1 heterocycles. The van der Waals surface area contributed by atoms with Crippen LogP contribution in [0.15, 0.2) is 21.6 Å². The van der Waals surface area contributed by atoms with E-state index in [1.54, 1.807) is 6.07 Å². The summed E-state index contributed by atoms with van der Waals surface area (Å²) in [5.41, 5.74) is 0. The first kappa shape index (κ1) is 15.2. The first-order chi connectivity index (χ1) is 8.43. The van der Waals surface area contributed by atoms with Gasteiger partial charge in [-0.2, -0.15) is 4.31 Å². The maximum atomic E-state index is 12.3. The summed E-state index contributed by atoms with van der Waals surface area (Å²) in [7, 11) is -3.52. The number of nitrogens with one attached hydrogen (secondary N) is 1. The van der Waals surface area contributed by atoms with Crippen molar-refractivity contribution >= 4 is 10.0 Å². The van der Waals surface area contributed by atoms with Crippen molar-refractivity contribution in [2.75, 3.05) is 13.1 Å². The van der Waals surface area contributed by atoms with Crippen LogP contribution in [-0.2, 0) is 16.6 Å². The number of hydrogen-bond acceptors (Lipinski definition) is 4. The van der Waals surface area contributed by atoms with E-state index in [4.69, 9.17) is 4.42 Å². The van der Waals surface area contributed by atoms with Crippen LogP contribution in [0.3, 0.4) is 0 Å². The molecule has 0 fully saturated rings. The Morgan fingerprint density at radius 1 is 1.33 bits per heavy atom. The Kier molecular flexibility index (Phi) is 5.37. The standard InChI is InChI=1S/C12H22N2O3S/c1-5-13-9-11-7-8-12(17-11)18(15,16)14(6-2)10(3)4/h7-8,10,13H,5-6,9H2,1-4H3. The topological polar surface area (TPSA) is 62.6 Å². The van der Waals surface area contributed by atoms with Gasteiger partial charge in [0.25, 0.3) is 10.0 Å². The van der Waals surface area contributed by atoms with Crippen molar-refractivity contribution in [2.45, 2.75) is 45.4 Å². The van der Waals surface area contributed by atoms with Crippen LogP contribution in [0.4, 0.5) is 0 Å². The Labute approximate surface area is 109 Å². The summed E-state index contributed by atoms with van der Waals surface area (Å²) >= 11 is 0. The average Bonchev–Trinajstić information content (AvgIpc) is 2.75. The van der Waals surface area contributed by atoms with Crippen molar-refractivity contribution in [3.63, 3.8) is 0 Å². The van der Waals surface area contributed by atoms with E-state index in [0.29, 0.717) is 18.8 Å². The summed E-state index contributed by atoms with van der Waals surface area (Å²) in [4.78, 5) is 0. The maximum absolute atomic E-state index is 12.3. The summed E-state index contributed by atoms with van der Waals surface area (Å²) in [6.07, 6.45) is 0. The molecular weight excluding hydrogens is 252 g/mol. The van der Waals surface area contributed by atoms with Gasteiger partial charge >= 0.3 is 0 Å². The Balaban J connectivity index is 2.94. The third-order valence-electron chi connectivity index (χ3n) is 2.64. The van der Waals surface area contributed by atoms with Gasteiger partial charge in [-0.1, -0.05) is 13.8 Å². The molecule has 1 aromatic rings. The first-order valence-electron chi connectivity index (χ1n) is 6.24. The number of nitrogens with zero attached hydrogens (tertiary/aromatic N) is 1. The van der Waals surface area contributed by atoms with E-state index in [0.717, 1.165) is 6.54 Å². The lowest BCUT2D eigenvalue weighted by Gasteiger charge is -2.22. The summed E-state index contributed by atoms with van der Waals surface area (Å²) < 4.78 is 31.4. The van der Waals surface area contributed by atoms with E-state index < -0.39 is 10.0 Å². The van der Waals surface area contributed by atoms with E-state index in [1.807, 2.05) is 27.7 Å². The van der Waals surface area contributed by atoms with Gasteiger partial charge in [-0.15, -0.1) is 0 Å². The van der Waals surface area contributed by atoms with Crippen molar-refractivity contribution in [1.82, 2.24) is 9.62 Å². The van der Waals surface area contributed by atoms with Crippen LogP contribution in [0, 0.1) is 0 Å². The predicted molar refractivity (Wildman–Crippen MR) is 70.8 cm³/mol. The fourth-order valence-electron chi connectivity index (χ4n) is 1.77. The van der Waals surface area contributed by atoms with Crippen LogP contribution in [0.5, 0.6) is 0 Å². The zero-order valence-corrected chi connectivity index (χ0v) is 12.3. The SMILES string of the molecule is CCNCc1ccc(S(=O)(=O)N(CC)C(C)C)o1. The zero-order chi connectivity index (χ0) is 13.8. The van der Waals surface area contributed by atoms with Crippen LogP contribution < -0.4 is 5.32 Å². The molecule has 0 atom stereocenters. The summed E-state index contributed by atoms with van der Waals surface area (Å²) in [5, 5.41) is 3.11. The molecule has 0 aromatic carbocycles. The summed E-state index contributed by atoms with van der Waals surface area (Å²) in [5.74, 6) is 0.634. The molecule has 1 N–H and O–H groups in total. The molecule has 0 unspecified atom stereocenters. The van der Waals surface area contributed by atoms with Gasteiger partial charge < -0.3 is 9.73 Å². The molecule has 104 valence electrons. The van der Waals surface area contributed by atoms with E-state index in [1.165, 1.54) is 10.4 Å². The first-order valence-corrected chi connectivity index (χ1v) is 7.68. The third kappa shape index (κ3) is 3.34. The Morgan fingerprint density at radius 2 is 2.00 bits per heavy atom. The Morgan fingerprint density at radius 3 is 2.50 bits per heavy atom. The zero-order valence-electron chi connectivity index (χ0n) is 11.4. The van der Waals surface area contributed by atoms with Gasteiger partial charge in [0.2, 0.25) is 5.09 Å². The number of hydrogen-bond donors (Lipinski definition) is 1. The smallest absolute Gasteiger partial charge is 0.276 e. The average molecular weight is 274 g/mol. The minimum atomic E-state index is -3.52. The Hall–Kier alpha value is -0.850. The minimum Gasteiger partial charge on any atom is -0.447 e. The van der Waals surface area contributed by atoms with E-state index in [9.17, 15) is 8.42 Å². The molecule has 0 aliphatic heterocycles. The number of rotatable bonds is 7. The molecule has 6 heteroatoms. The lowest BCUT2D eigenvalue weighted by Crippen LogP contribution is -2.36. The molecule has 0 saturated carbocycles. The maximum Gasteiger partial charge on any atom is 0.276 e. The molecule has 0 aliphatic rings. The molecule has 1 aromatic heterocycles. The summed E-state index contributed by atoms with van der Waals surface area (Å²) in [6, 6.07) is 3.14. The van der Waals surface area contributed by atoms with Crippen LogP contribution in [0.25, 0.3) is 0 Å². The van der Waals surface area contributed by atoms with Gasteiger partial charge in [0.05, 0.1) is 6.54 Å². The van der Waals surface area contributed by atoms with Crippen LogP contribution in [0.1, 0.15) is 33.5 Å². The monoisotopic (exact) mass is 274 g/mol. The van der Waals surface area contributed by atoms with Crippen LogP contribution in [-0.4, -0.2) is 31.9 Å². The molecule has 0 amide bonds. The lowest BCUT2D eigenvalue weighted by atomic mass is 10.4. The molecular formula is C12H22N2O3S. The third-order valence-corrected chi connectivity index (χ3v) is 4.66. The molecule has 0 bridgehead atoms. The van der Waals surface area contributed by atoms with Gasteiger partial charge in [0, 0.05) is 12.6 Å². The summed E-state index contributed by atoms with van der Waals surface area (Å²) in [6.45, 7) is 9.30. The predicted octanol–water partition coefficient (Wildman–Crippen LogP) is 1.81. The van der Waals surface area contributed by atoms with Crippen molar-refractivity contribution < 1.29 is 12.8 Å². The molecule has 0 saturated heterocycles. The highest BCUT2D eigenvalue weighted by molar-refractivity contribution is 7.89. The fourth-order valence-corrected chi connectivity index (χ4v) is 3.35. The van der Waals surface area contributed by atoms with Gasteiger partial charge in [0.15, 0.2) is 0 Å². The molecule has 18 heavy (non-hydrogen) atoms. The fraction of sp³-hybridized carbons (Fsp3) is 0.667. The van der Waals surface area contributed by atoms with E-state index in [-0.39, 0.29) is 11.1 Å². The quantitative estimate of drug-likeness (QED) is 0.823. The van der Waals surface area contributed by atoms with E-state index >= 15 is 0 Å². The molecule has 1 rings (SSSR count).